The third kappa shape index (κ3) is 2.48. The first-order chi connectivity index (χ1) is 4.66. The molecule has 1 nitrogen and oxygen atoms in total. The van der Waals surface area contributed by atoms with Crippen molar-refractivity contribution in [1.29, 1.82) is 0 Å². The predicted octanol–water partition coefficient (Wildman–Crippen LogP) is 2.53. The first kappa shape index (κ1) is 9.51. The largest absolute Gasteiger partial charge is 0.389 e. The van der Waals surface area contributed by atoms with Crippen LogP contribution in [0, 0.1) is 0 Å². The molecule has 60 valence electrons. The van der Waals surface area contributed by atoms with E-state index in [0.717, 1.165) is 17.3 Å². The molecule has 10 heavy (non-hydrogen) atoms. The molecule has 1 aliphatic rings. The van der Waals surface area contributed by atoms with Gasteiger partial charge in [-0.3, -0.25) is 0 Å². The smallest absolute Gasteiger partial charge is 0.0746 e. The Morgan fingerprint density at radius 3 is 2.70 bits per heavy atom. The molecule has 2 atom stereocenters. The van der Waals surface area contributed by atoms with E-state index in [-0.39, 0.29) is 5.60 Å². The SMILES string of the molecule is OC1(CI)CCCC(I)C1. The van der Waals surface area contributed by atoms with Crippen LogP contribution in [0.25, 0.3) is 0 Å². The molecule has 2 unspecified atom stereocenters. The van der Waals surface area contributed by atoms with Crippen molar-refractivity contribution in [3.05, 3.63) is 0 Å². The summed E-state index contributed by atoms with van der Waals surface area (Å²) in [5.74, 6) is 0. The molecular weight excluding hydrogens is 354 g/mol. The van der Waals surface area contributed by atoms with Crippen molar-refractivity contribution in [2.45, 2.75) is 35.2 Å². The van der Waals surface area contributed by atoms with Gasteiger partial charge in [0.25, 0.3) is 0 Å². The first-order valence-electron chi connectivity index (χ1n) is 3.59. The van der Waals surface area contributed by atoms with Gasteiger partial charge >= 0.3 is 0 Å². The summed E-state index contributed by atoms with van der Waals surface area (Å²) in [7, 11) is 0. The van der Waals surface area contributed by atoms with E-state index in [0.29, 0.717) is 3.92 Å². The average Bonchev–Trinajstić information content (AvgIpc) is 1.88. The summed E-state index contributed by atoms with van der Waals surface area (Å²) in [6, 6.07) is 0. The lowest BCUT2D eigenvalue weighted by Crippen LogP contribution is -2.36. The van der Waals surface area contributed by atoms with Gasteiger partial charge in [0.15, 0.2) is 0 Å². The molecule has 0 aliphatic heterocycles. The van der Waals surface area contributed by atoms with Crippen LogP contribution in [0.4, 0.5) is 0 Å². The summed E-state index contributed by atoms with van der Waals surface area (Å²) in [6.45, 7) is 0. The summed E-state index contributed by atoms with van der Waals surface area (Å²) in [6.07, 6.45) is 4.50. The highest BCUT2D eigenvalue weighted by molar-refractivity contribution is 14.1. The lowest BCUT2D eigenvalue weighted by atomic mass is 9.87. The standard InChI is InChI=1S/C7H12I2O/c8-5-7(10)3-1-2-6(9)4-7/h6,10H,1-5H2. The Kier molecular flexibility index (Phi) is 3.70. The molecule has 3 heteroatoms. The molecular formula is C7H12I2O. The normalized spacial score (nSPS) is 41.7. The summed E-state index contributed by atoms with van der Waals surface area (Å²) in [4.78, 5) is 0. The fraction of sp³-hybridized carbons (Fsp3) is 1.00. The maximum atomic E-state index is 9.84. The summed E-state index contributed by atoms with van der Waals surface area (Å²) >= 11 is 4.72. The molecule has 0 radical (unpaired) electrons. The predicted molar refractivity (Wildman–Crippen MR) is 60.1 cm³/mol. The van der Waals surface area contributed by atoms with Crippen LogP contribution >= 0.6 is 45.2 Å². The van der Waals surface area contributed by atoms with Crippen LogP contribution in [0.2, 0.25) is 0 Å². The molecule has 0 aromatic heterocycles. The van der Waals surface area contributed by atoms with Gasteiger partial charge in [-0.1, -0.05) is 45.2 Å². The molecule has 0 aromatic rings. The fourth-order valence-corrected chi connectivity index (χ4v) is 3.34. The second-order valence-electron chi connectivity index (χ2n) is 3.05. The van der Waals surface area contributed by atoms with Crippen molar-refractivity contribution in [2.75, 3.05) is 4.43 Å². The maximum Gasteiger partial charge on any atom is 0.0746 e. The van der Waals surface area contributed by atoms with Gasteiger partial charge in [-0.05, 0) is 25.7 Å². The Bertz CT molecular complexity index is 118. The lowest BCUT2D eigenvalue weighted by molar-refractivity contribution is 0.0342. The molecule has 0 saturated heterocycles. The van der Waals surface area contributed by atoms with Crippen molar-refractivity contribution in [3.63, 3.8) is 0 Å². The monoisotopic (exact) mass is 366 g/mol. The first-order valence-corrected chi connectivity index (χ1v) is 6.36. The van der Waals surface area contributed by atoms with Crippen molar-refractivity contribution in [2.24, 2.45) is 0 Å². The van der Waals surface area contributed by atoms with E-state index in [2.05, 4.69) is 45.2 Å². The average molecular weight is 366 g/mol. The zero-order chi connectivity index (χ0) is 7.61. The van der Waals surface area contributed by atoms with Crippen molar-refractivity contribution >= 4 is 45.2 Å². The number of rotatable bonds is 1. The zero-order valence-corrected chi connectivity index (χ0v) is 10.1. The van der Waals surface area contributed by atoms with Crippen LogP contribution < -0.4 is 0 Å². The molecule has 1 fully saturated rings. The number of hydrogen-bond donors (Lipinski definition) is 1. The quantitative estimate of drug-likeness (QED) is 0.559. The maximum absolute atomic E-state index is 9.84. The van der Waals surface area contributed by atoms with Gasteiger partial charge in [0.2, 0.25) is 0 Å². The second kappa shape index (κ2) is 3.89. The van der Waals surface area contributed by atoms with Crippen LogP contribution in [0.15, 0.2) is 0 Å². The van der Waals surface area contributed by atoms with Crippen molar-refractivity contribution < 1.29 is 5.11 Å². The van der Waals surface area contributed by atoms with Gasteiger partial charge < -0.3 is 5.11 Å². The van der Waals surface area contributed by atoms with Gasteiger partial charge in [0.05, 0.1) is 5.60 Å². The van der Waals surface area contributed by atoms with Crippen LogP contribution in [0.3, 0.4) is 0 Å². The van der Waals surface area contributed by atoms with Crippen LogP contribution in [0.1, 0.15) is 25.7 Å². The Hall–Kier alpha value is 1.42. The Labute approximate surface area is 89.2 Å². The highest BCUT2D eigenvalue weighted by Crippen LogP contribution is 2.33. The van der Waals surface area contributed by atoms with Crippen LogP contribution in [-0.4, -0.2) is 19.1 Å². The fourth-order valence-electron chi connectivity index (χ4n) is 1.39. The van der Waals surface area contributed by atoms with E-state index >= 15 is 0 Å². The molecule has 0 amide bonds. The van der Waals surface area contributed by atoms with Gasteiger partial charge in [0, 0.05) is 8.35 Å². The minimum Gasteiger partial charge on any atom is -0.389 e. The minimum atomic E-state index is -0.329. The third-order valence-electron chi connectivity index (χ3n) is 2.01. The molecule has 0 bridgehead atoms. The molecule has 1 aliphatic carbocycles. The van der Waals surface area contributed by atoms with Crippen molar-refractivity contribution in [3.8, 4) is 0 Å². The van der Waals surface area contributed by atoms with Gasteiger partial charge in [-0.2, -0.15) is 0 Å². The molecule has 1 saturated carbocycles. The third-order valence-corrected chi connectivity index (χ3v) is 4.49. The summed E-state index contributed by atoms with van der Waals surface area (Å²) in [5, 5.41) is 9.84. The zero-order valence-electron chi connectivity index (χ0n) is 5.82. The number of halogens is 2. The Morgan fingerprint density at radius 1 is 1.60 bits per heavy atom. The topological polar surface area (TPSA) is 20.2 Å². The van der Waals surface area contributed by atoms with Gasteiger partial charge in [-0.25, -0.2) is 0 Å². The number of aliphatic hydroxyl groups is 1. The molecule has 0 heterocycles. The highest BCUT2D eigenvalue weighted by atomic mass is 127. The van der Waals surface area contributed by atoms with Crippen LogP contribution in [-0.2, 0) is 0 Å². The van der Waals surface area contributed by atoms with E-state index in [1.807, 2.05) is 0 Å². The number of hydrogen-bond acceptors (Lipinski definition) is 1. The Morgan fingerprint density at radius 2 is 2.30 bits per heavy atom. The van der Waals surface area contributed by atoms with E-state index in [9.17, 15) is 5.11 Å². The number of alkyl halides is 2. The highest BCUT2D eigenvalue weighted by Gasteiger charge is 2.31. The van der Waals surface area contributed by atoms with Crippen LogP contribution in [0.5, 0.6) is 0 Å². The van der Waals surface area contributed by atoms with E-state index < -0.39 is 0 Å². The van der Waals surface area contributed by atoms with Crippen molar-refractivity contribution in [1.82, 2.24) is 0 Å². The van der Waals surface area contributed by atoms with E-state index in [1.54, 1.807) is 0 Å². The second-order valence-corrected chi connectivity index (χ2v) is 5.58. The lowest BCUT2D eigenvalue weighted by Gasteiger charge is -2.33. The summed E-state index contributed by atoms with van der Waals surface area (Å²) in [5.41, 5.74) is -0.329. The van der Waals surface area contributed by atoms with E-state index in [1.165, 1.54) is 12.8 Å². The van der Waals surface area contributed by atoms with E-state index in [4.69, 9.17) is 0 Å². The van der Waals surface area contributed by atoms with Gasteiger partial charge in [-0.15, -0.1) is 0 Å². The summed E-state index contributed by atoms with van der Waals surface area (Å²) < 4.78 is 1.59. The molecule has 0 spiro atoms. The molecule has 0 aromatic carbocycles. The van der Waals surface area contributed by atoms with Gasteiger partial charge in [0.1, 0.15) is 0 Å². The minimum absolute atomic E-state index is 0.329. The molecule has 1 N–H and O–H groups in total. The molecule has 1 rings (SSSR count). The Balaban J connectivity index is 2.45.